The molecule has 0 fully saturated rings. The molecule has 0 unspecified atom stereocenters. The van der Waals surface area contributed by atoms with Gasteiger partial charge in [-0.25, -0.2) is 0 Å². The Morgan fingerprint density at radius 1 is 0.417 bits per heavy atom. The largest absolute Gasteiger partial charge is 0.464 e. The molecule has 4 aromatic rings. The van der Waals surface area contributed by atoms with Crippen LogP contribution in [0.1, 0.15) is 79.0 Å². The van der Waals surface area contributed by atoms with Gasteiger partial charge in [-0.1, -0.05) is 111 Å². The average Bonchev–Trinajstić information content (AvgIpc) is 2.82. The van der Waals surface area contributed by atoms with Gasteiger partial charge in [0.2, 0.25) is 0 Å². The highest BCUT2D eigenvalue weighted by Gasteiger charge is 2.26. The van der Waals surface area contributed by atoms with Gasteiger partial charge in [0.25, 0.3) is 0 Å². The molecule has 0 radical (unpaired) electrons. The minimum atomic E-state index is 0.0846. The van der Waals surface area contributed by atoms with Crippen LogP contribution in [-0.2, 0) is 16.2 Å². The van der Waals surface area contributed by atoms with Crippen molar-refractivity contribution in [3.05, 3.63) is 89.5 Å². The van der Waals surface area contributed by atoms with Gasteiger partial charge in [0.1, 0.15) is 11.1 Å². The Kier molecular flexibility index (Phi) is 6.64. The summed E-state index contributed by atoms with van der Waals surface area (Å²) in [5.41, 5.74) is 6.93. The van der Waals surface area contributed by atoms with Crippen LogP contribution in [0.2, 0.25) is 0 Å². The summed E-state index contributed by atoms with van der Waals surface area (Å²) in [6.45, 7) is 20.0. The lowest BCUT2D eigenvalue weighted by molar-refractivity contribution is 0.539. The minimum absolute atomic E-state index is 0.0846. The number of benzene rings is 3. The first-order valence-electron chi connectivity index (χ1n) is 12.8. The summed E-state index contributed by atoms with van der Waals surface area (Å²) in [5, 5.41) is 0. The van der Waals surface area contributed by atoms with Crippen LogP contribution in [0.25, 0.3) is 34.3 Å². The molecular formula is C33H39N2O+. The maximum Gasteiger partial charge on any atom is 0.464 e. The number of aromatic nitrogens is 2. The van der Waals surface area contributed by atoms with Crippen LogP contribution in [0.3, 0.4) is 0 Å². The fourth-order valence-electron chi connectivity index (χ4n) is 4.08. The Hall–Kier alpha value is -3.33. The summed E-state index contributed by atoms with van der Waals surface area (Å²) in [7, 11) is 0. The van der Waals surface area contributed by atoms with Gasteiger partial charge in [-0.15, -0.1) is 9.97 Å². The molecule has 0 aliphatic heterocycles. The molecular weight excluding hydrogens is 440 g/mol. The summed E-state index contributed by atoms with van der Waals surface area (Å²) < 4.78 is 6.32. The Bertz CT molecular complexity index is 1150. The Labute approximate surface area is 216 Å². The molecule has 36 heavy (non-hydrogen) atoms. The molecule has 0 saturated heterocycles. The molecule has 3 aromatic carbocycles. The van der Waals surface area contributed by atoms with E-state index in [0.29, 0.717) is 17.6 Å². The van der Waals surface area contributed by atoms with E-state index in [1.807, 2.05) is 0 Å². The maximum atomic E-state index is 6.32. The van der Waals surface area contributed by atoms with Crippen molar-refractivity contribution in [3.63, 3.8) is 0 Å². The van der Waals surface area contributed by atoms with E-state index in [4.69, 9.17) is 14.4 Å². The molecule has 3 nitrogen and oxygen atoms in total. The molecule has 1 heterocycles. The van der Waals surface area contributed by atoms with Crippen LogP contribution < -0.4 is 0 Å². The standard InChI is InChI=1S/C33H39N2O/c1-31(2,3)25-16-10-22(11-17-25)28-34-29(23-12-18-26(19-13-23)32(4,5)6)36-30(35-28)24-14-20-27(21-15-24)33(7,8)9/h10-21H,1-9H3/q+1. The molecule has 0 N–H and O–H groups in total. The fraction of sp³-hybridized carbons (Fsp3) is 0.364. The van der Waals surface area contributed by atoms with Crippen LogP contribution >= 0.6 is 0 Å². The molecule has 0 spiro atoms. The summed E-state index contributed by atoms with van der Waals surface area (Å²) in [6, 6.07) is 25.5. The van der Waals surface area contributed by atoms with Gasteiger partial charge in [0.05, 0.1) is 0 Å². The lowest BCUT2D eigenvalue weighted by Crippen LogP contribution is -2.10. The number of hydrogen-bond acceptors (Lipinski definition) is 2. The monoisotopic (exact) mass is 479 g/mol. The summed E-state index contributed by atoms with van der Waals surface area (Å²) in [6.07, 6.45) is 0. The lowest BCUT2D eigenvalue weighted by atomic mass is 9.86. The van der Waals surface area contributed by atoms with Crippen molar-refractivity contribution in [1.29, 1.82) is 0 Å². The normalized spacial score (nSPS) is 12.6. The minimum Gasteiger partial charge on any atom is -0.166 e. The topological polar surface area (TPSA) is 37.1 Å². The second-order valence-electron chi connectivity index (χ2n) is 12.7. The van der Waals surface area contributed by atoms with Crippen LogP contribution in [0.5, 0.6) is 0 Å². The molecule has 4 rings (SSSR count). The third kappa shape index (κ3) is 5.73. The maximum absolute atomic E-state index is 6.32. The van der Waals surface area contributed by atoms with Crippen LogP contribution in [-0.4, -0.2) is 9.97 Å². The zero-order chi connectivity index (χ0) is 26.3. The van der Waals surface area contributed by atoms with E-state index in [0.717, 1.165) is 16.7 Å². The molecule has 0 saturated carbocycles. The Morgan fingerprint density at radius 3 is 0.972 bits per heavy atom. The molecule has 0 aliphatic rings. The summed E-state index contributed by atoms with van der Waals surface area (Å²) in [4.78, 5) is 9.72. The van der Waals surface area contributed by atoms with Crippen molar-refractivity contribution in [2.24, 2.45) is 0 Å². The fourth-order valence-corrected chi connectivity index (χ4v) is 4.08. The van der Waals surface area contributed by atoms with Crippen molar-refractivity contribution >= 4 is 0 Å². The number of rotatable bonds is 3. The lowest BCUT2D eigenvalue weighted by Gasteiger charge is -2.19. The molecule has 0 aliphatic carbocycles. The molecule has 3 heteroatoms. The van der Waals surface area contributed by atoms with Crippen LogP contribution in [0, 0.1) is 0 Å². The number of nitrogens with zero attached hydrogens (tertiary/aromatic N) is 2. The van der Waals surface area contributed by atoms with Gasteiger partial charge >= 0.3 is 11.8 Å². The van der Waals surface area contributed by atoms with E-state index < -0.39 is 0 Å². The highest BCUT2D eigenvalue weighted by atomic mass is 16.4. The van der Waals surface area contributed by atoms with E-state index >= 15 is 0 Å². The molecule has 0 bridgehead atoms. The quantitative estimate of drug-likeness (QED) is 0.275. The second kappa shape index (κ2) is 9.28. The second-order valence-corrected chi connectivity index (χ2v) is 12.7. The van der Waals surface area contributed by atoms with Crippen LogP contribution in [0.15, 0.2) is 77.2 Å². The zero-order valence-electron chi connectivity index (χ0n) is 23.2. The predicted molar refractivity (Wildman–Crippen MR) is 151 cm³/mol. The van der Waals surface area contributed by atoms with Gasteiger partial charge < -0.3 is 0 Å². The van der Waals surface area contributed by atoms with Crippen molar-refractivity contribution < 1.29 is 4.42 Å². The Balaban J connectivity index is 1.82. The van der Waals surface area contributed by atoms with Gasteiger partial charge in [-0.05, 0) is 57.2 Å². The van der Waals surface area contributed by atoms with Gasteiger partial charge in [-0.2, -0.15) is 4.42 Å². The SMILES string of the molecule is CC(C)(C)c1ccc(-c2nc(-c3ccc(C(C)(C)C)cc3)[o+]c(-c3ccc(C(C)(C)C)cc3)n2)cc1. The number of hydrogen-bond donors (Lipinski definition) is 0. The third-order valence-corrected chi connectivity index (χ3v) is 6.61. The molecule has 186 valence electrons. The van der Waals surface area contributed by atoms with E-state index in [1.54, 1.807) is 0 Å². The first-order valence-corrected chi connectivity index (χ1v) is 12.8. The third-order valence-electron chi connectivity index (χ3n) is 6.61. The van der Waals surface area contributed by atoms with Gasteiger partial charge in [-0.3, -0.25) is 0 Å². The molecule has 0 amide bonds. The predicted octanol–water partition coefficient (Wildman–Crippen LogP) is 9.24. The van der Waals surface area contributed by atoms with Crippen molar-refractivity contribution in [2.45, 2.75) is 78.6 Å². The van der Waals surface area contributed by atoms with Gasteiger partial charge in [0.15, 0.2) is 5.82 Å². The van der Waals surface area contributed by atoms with Crippen LogP contribution in [0.4, 0.5) is 0 Å². The first kappa shape index (κ1) is 25.8. The highest BCUT2D eigenvalue weighted by molar-refractivity contribution is 5.65. The Morgan fingerprint density at radius 2 is 0.694 bits per heavy atom. The van der Waals surface area contributed by atoms with E-state index in [-0.39, 0.29) is 16.2 Å². The van der Waals surface area contributed by atoms with E-state index in [1.165, 1.54) is 16.7 Å². The van der Waals surface area contributed by atoms with Crippen molar-refractivity contribution in [3.8, 4) is 34.3 Å². The smallest absolute Gasteiger partial charge is 0.166 e. The highest BCUT2D eigenvalue weighted by Crippen LogP contribution is 2.32. The van der Waals surface area contributed by atoms with Gasteiger partial charge in [0, 0.05) is 5.56 Å². The van der Waals surface area contributed by atoms with Crippen molar-refractivity contribution in [1.82, 2.24) is 9.97 Å². The zero-order valence-corrected chi connectivity index (χ0v) is 23.2. The molecule has 1 aromatic heterocycles. The average molecular weight is 480 g/mol. The van der Waals surface area contributed by atoms with Crippen molar-refractivity contribution in [2.75, 3.05) is 0 Å². The summed E-state index contributed by atoms with van der Waals surface area (Å²) in [5.74, 6) is 1.79. The summed E-state index contributed by atoms with van der Waals surface area (Å²) >= 11 is 0. The first-order chi connectivity index (χ1) is 16.7. The van der Waals surface area contributed by atoms with E-state index in [2.05, 4.69) is 135 Å². The van der Waals surface area contributed by atoms with E-state index in [9.17, 15) is 0 Å². The molecule has 0 atom stereocenters.